The van der Waals surface area contributed by atoms with E-state index in [9.17, 15) is 4.79 Å². The molecule has 3 aromatic heterocycles. The second-order valence-electron chi connectivity index (χ2n) is 5.43. The highest BCUT2D eigenvalue weighted by Gasteiger charge is 2.14. The van der Waals surface area contributed by atoms with Gasteiger partial charge >= 0.3 is 0 Å². The first kappa shape index (κ1) is 15.8. The van der Waals surface area contributed by atoms with Crippen LogP contribution in [0.25, 0.3) is 22.7 Å². The zero-order valence-electron chi connectivity index (χ0n) is 13.1. The number of rotatable bonds is 3. The normalized spacial score (nSPS) is 11.0. The Balaban J connectivity index is 1.67. The molecular weight excluding hydrogens is 433 g/mol. The molecule has 4 aromatic rings. The number of furan rings is 1. The first-order chi connectivity index (χ1) is 12.1. The van der Waals surface area contributed by atoms with Gasteiger partial charge in [0.1, 0.15) is 0 Å². The van der Waals surface area contributed by atoms with Crippen molar-refractivity contribution in [2.24, 2.45) is 0 Å². The van der Waals surface area contributed by atoms with E-state index in [0.29, 0.717) is 26.6 Å². The van der Waals surface area contributed by atoms with Crippen molar-refractivity contribution in [2.75, 3.05) is 5.32 Å². The van der Waals surface area contributed by atoms with Gasteiger partial charge in [0, 0.05) is 17.4 Å². The highest BCUT2D eigenvalue weighted by Crippen LogP contribution is 2.27. The lowest BCUT2D eigenvalue weighted by Crippen LogP contribution is -2.11. The number of benzene rings is 1. The maximum Gasteiger partial charge on any atom is 0.291 e. The van der Waals surface area contributed by atoms with Crippen LogP contribution in [0.1, 0.15) is 16.1 Å². The van der Waals surface area contributed by atoms with Gasteiger partial charge in [-0.05, 0) is 71.5 Å². The molecule has 1 amide bonds. The van der Waals surface area contributed by atoms with Crippen molar-refractivity contribution in [3.8, 4) is 11.5 Å². The number of anilines is 1. The molecule has 0 radical (unpaired) electrons. The van der Waals surface area contributed by atoms with Gasteiger partial charge < -0.3 is 14.2 Å². The molecular formula is C18H12IN3O3. The Morgan fingerprint density at radius 1 is 1.16 bits per heavy atom. The average molecular weight is 445 g/mol. The molecule has 7 heteroatoms. The highest BCUT2D eigenvalue weighted by molar-refractivity contribution is 14.1. The number of carbonyl (C=O) groups excluding carboxylic acids is 1. The molecule has 6 nitrogen and oxygen atoms in total. The number of pyridine rings is 1. The van der Waals surface area contributed by atoms with Gasteiger partial charge in [0.15, 0.2) is 20.8 Å². The number of aryl methyl sites for hydroxylation is 1. The van der Waals surface area contributed by atoms with Gasteiger partial charge in [0.2, 0.25) is 5.89 Å². The standard InChI is InChI=1S/C18H12IN3O3/c1-10-4-5-11(18-22-16-13(25-18)3-2-8-20-16)9-12(10)21-17(23)14-6-7-15(19)24-14/h2-9H,1H3,(H,21,23). The van der Waals surface area contributed by atoms with Crippen LogP contribution >= 0.6 is 22.6 Å². The molecule has 0 unspecified atom stereocenters. The third-order valence-corrected chi connectivity index (χ3v) is 4.27. The molecule has 0 aliphatic rings. The van der Waals surface area contributed by atoms with Crippen LogP contribution in [0.3, 0.4) is 0 Å². The predicted octanol–water partition coefficient (Wildman–Crippen LogP) is 4.65. The summed E-state index contributed by atoms with van der Waals surface area (Å²) < 4.78 is 11.7. The predicted molar refractivity (Wildman–Crippen MR) is 101 cm³/mol. The van der Waals surface area contributed by atoms with Gasteiger partial charge in [-0.2, -0.15) is 4.98 Å². The van der Waals surface area contributed by atoms with Crippen molar-refractivity contribution in [1.82, 2.24) is 9.97 Å². The number of hydrogen-bond donors (Lipinski definition) is 1. The largest absolute Gasteiger partial charge is 0.445 e. The summed E-state index contributed by atoms with van der Waals surface area (Å²) in [5.41, 5.74) is 3.52. The number of carbonyl (C=O) groups is 1. The molecule has 0 atom stereocenters. The lowest BCUT2D eigenvalue weighted by atomic mass is 10.1. The molecule has 0 aliphatic carbocycles. The van der Waals surface area contributed by atoms with Crippen molar-refractivity contribution >= 4 is 45.4 Å². The average Bonchev–Trinajstić information content (AvgIpc) is 3.23. The van der Waals surface area contributed by atoms with E-state index in [1.165, 1.54) is 0 Å². The fraction of sp³-hybridized carbons (Fsp3) is 0.0556. The SMILES string of the molecule is Cc1ccc(-c2nc3ncccc3o2)cc1NC(=O)c1ccc(I)o1. The Labute approximate surface area is 156 Å². The monoisotopic (exact) mass is 445 g/mol. The summed E-state index contributed by atoms with van der Waals surface area (Å²) in [5.74, 6) is 0.416. The maximum atomic E-state index is 12.3. The number of oxazole rings is 1. The number of aromatic nitrogens is 2. The van der Waals surface area contributed by atoms with Crippen LogP contribution in [0.5, 0.6) is 0 Å². The van der Waals surface area contributed by atoms with E-state index in [2.05, 4.69) is 15.3 Å². The second-order valence-corrected chi connectivity index (χ2v) is 6.49. The van der Waals surface area contributed by atoms with Crippen LogP contribution in [-0.2, 0) is 0 Å². The summed E-state index contributed by atoms with van der Waals surface area (Å²) in [7, 11) is 0. The van der Waals surface area contributed by atoms with E-state index in [-0.39, 0.29) is 11.7 Å². The Hall–Kier alpha value is -2.68. The Bertz CT molecular complexity index is 1050. The Kier molecular flexibility index (Phi) is 4.00. The summed E-state index contributed by atoms with van der Waals surface area (Å²) in [6.07, 6.45) is 1.67. The van der Waals surface area contributed by atoms with E-state index < -0.39 is 0 Å². The number of amides is 1. The summed E-state index contributed by atoms with van der Waals surface area (Å²) in [5, 5.41) is 2.86. The summed E-state index contributed by atoms with van der Waals surface area (Å²) in [6.45, 7) is 1.92. The molecule has 1 aromatic carbocycles. The molecule has 0 spiro atoms. The molecule has 4 rings (SSSR count). The van der Waals surface area contributed by atoms with Crippen LogP contribution in [0.15, 0.2) is 57.5 Å². The molecule has 0 aliphatic heterocycles. The van der Waals surface area contributed by atoms with Crippen LogP contribution in [0, 0.1) is 10.7 Å². The number of fused-ring (bicyclic) bond motifs is 1. The lowest BCUT2D eigenvalue weighted by Gasteiger charge is -2.08. The second kappa shape index (κ2) is 6.32. The zero-order chi connectivity index (χ0) is 17.4. The molecule has 3 heterocycles. The van der Waals surface area contributed by atoms with Crippen molar-refractivity contribution in [1.29, 1.82) is 0 Å². The van der Waals surface area contributed by atoms with Crippen molar-refractivity contribution in [3.63, 3.8) is 0 Å². The minimum absolute atomic E-state index is 0.264. The van der Waals surface area contributed by atoms with Gasteiger partial charge in [0.05, 0.1) is 0 Å². The number of halogens is 1. The zero-order valence-corrected chi connectivity index (χ0v) is 15.3. The molecule has 25 heavy (non-hydrogen) atoms. The number of nitrogens with one attached hydrogen (secondary N) is 1. The first-order valence-corrected chi connectivity index (χ1v) is 8.57. The Morgan fingerprint density at radius 3 is 2.80 bits per heavy atom. The summed E-state index contributed by atoms with van der Waals surface area (Å²) >= 11 is 2.02. The van der Waals surface area contributed by atoms with Gasteiger partial charge in [-0.25, -0.2) is 4.98 Å². The highest BCUT2D eigenvalue weighted by atomic mass is 127. The number of hydrogen-bond acceptors (Lipinski definition) is 5. The molecule has 124 valence electrons. The third-order valence-electron chi connectivity index (χ3n) is 3.69. The van der Waals surface area contributed by atoms with E-state index >= 15 is 0 Å². The van der Waals surface area contributed by atoms with Crippen molar-refractivity contribution < 1.29 is 13.6 Å². The topological polar surface area (TPSA) is 81.2 Å². The maximum absolute atomic E-state index is 12.3. The van der Waals surface area contributed by atoms with Crippen LogP contribution in [0.4, 0.5) is 5.69 Å². The van der Waals surface area contributed by atoms with E-state index in [1.807, 2.05) is 53.8 Å². The number of nitrogens with zero attached hydrogens (tertiary/aromatic N) is 2. The van der Waals surface area contributed by atoms with Gasteiger partial charge in [0.25, 0.3) is 5.91 Å². The first-order valence-electron chi connectivity index (χ1n) is 7.49. The van der Waals surface area contributed by atoms with Gasteiger partial charge in [-0.1, -0.05) is 6.07 Å². The minimum atomic E-state index is -0.303. The molecule has 0 saturated heterocycles. The third kappa shape index (κ3) is 3.14. The smallest absolute Gasteiger partial charge is 0.291 e. The molecule has 0 fully saturated rings. The summed E-state index contributed by atoms with van der Waals surface area (Å²) in [6, 6.07) is 12.6. The van der Waals surface area contributed by atoms with Crippen LogP contribution in [-0.4, -0.2) is 15.9 Å². The van der Waals surface area contributed by atoms with Gasteiger partial charge in [-0.15, -0.1) is 0 Å². The quantitative estimate of drug-likeness (QED) is 0.465. The lowest BCUT2D eigenvalue weighted by molar-refractivity contribution is 0.0995. The van der Waals surface area contributed by atoms with Crippen LogP contribution in [0.2, 0.25) is 0 Å². The molecule has 1 N–H and O–H groups in total. The molecule has 0 bridgehead atoms. The fourth-order valence-electron chi connectivity index (χ4n) is 2.40. The minimum Gasteiger partial charge on any atom is -0.445 e. The van der Waals surface area contributed by atoms with E-state index in [0.717, 1.165) is 11.1 Å². The van der Waals surface area contributed by atoms with Crippen molar-refractivity contribution in [3.05, 3.63) is 63.8 Å². The Morgan fingerprint density at radius 2 is 2.04 bits per heavy atom. The summed E-state index contributed by atoms with van der Waals surface area (Å²) in [4.78, 5) is 20.9. The van der Waals surface area contributed by atoms with E-state index in [4.69, 9.17) is 8.83 Å². The fourth-order valence-corrected chi connectivity index (χ4v) is 2.82. The van der Waals surface area contributed by atoms with E-state index in [1.54, 1.807) is 24.4 Å². The van der Waals surface area contributed by atoms with Crippen LogP contribution < -0.4 is 5.32 Å². The van der Waals surface area contributed by atoms with Crippen molar-refractivity contribution in [2.45, 2.75) is 6.92 Å². The molecule has 0 saturated carbocycles. The van der Waals surface area contributed by atoms with Gasteiger partial charge in [-0.3, -0.25) is 4.79 Å².